The van der Waals surface area contributed by atoms with Crippen LogP contribution in [0.5, 0.6) is 0 Å². The largest absolute Gasteiger partial charge is 0.469 e. The second kappa shape index (κ2) is 9.57. The molecule has 1 saturated heterocycles. The van der Waals surface area contributed by atoms with E-state index in [2.05, 4.69) is 4.74 Å². The third-order valence-corrected chi connectivity index (χ3v) is 4.00. The van der Waals surface area contributed by atoms with Crippen LogP contribution in [0.25, 0.3) is 0 Å². The topological polar surface area (TPSA) is 126 Å². The first-order valence-electron chi connectivity index (χ1n) is 6.58. The molecule has 8 nitrogen and oxygen atoms in total. The van der Waals surface area contributed by atoms with Gasteiger partial charge in [-0.15, -0.1) is 0 Å². The maximum atomic E-state index is 10.9. The van der Waals surface area contributed by atoms with E-state index >= 15 is 0 Å². The number of esters is 1. The molecular weight excluding hydrogens is 304 g/mol. The summed E-state index contributed by atoms with van der Waals surface area (Å²) in [6, 6.07) is 0. The number of aliphatic hydroxyl groups is 4. The zero-order valence-corrected chi connectivity index (χ0v) is 12.6. The van der Waals surface area contributed by atoms with Crippen molar-refractivity contribution < 1.29 is 39.4 Å². The molecule has 4 N–H and O–H groups in total. The summed E-state index contributed by atoms with van der Waals surface area (Å²) in [5.41, 5.74) is 0. The van der Waals surface area contributed by atoms with Gasteiger partial charge in [0.25, 0.3) is 0 Å². The van der Waals surface area contributed by atoms with E-state index in [-0.39, 0.29) is 12.6 Å². The van der Waals surface area contributed by atoms with Crippen LogP contribution in [0.1, 0.15) is 6.42 Å². The molecule has 0 spiro atoms. The molecule has 0 radical (unpaired) electrons. The number of ether oxygens (including phenoxy) is 3. The van der Waals surface area contributed by atoms with E-state index in [9.17, 15) is 20.1 Å². The van der Waals surface area contributed by atoms with Crippen LogP contribution < -0.4 is 0 Å². The molecule has 5 atom stereocenters. The van der Waals surface area contributed by atoms with Crippen molar-refractivity contribution in [2.24, 2.45) is 0 Å². The number of aliphatic hydroxyl groups excluding tert-OH is 4. The van der Waals surface area contributed by atoms with Gasteiger partial charge >= 0.3 is 5.97 Å². The minimum atomic E-state index is -1.51. The van der Waals surface area contributed by atoms with E-state index < -0.39 is 37.3 Å². The third-order valence-electron chi connectivity index (χ3n) is 3.06. The van der Waals surface area contributed by atoms with Gasteiger partial charge in [0.1, 0.15) is 24.4 Å². The summed E-state index contributed by atoms with van der Waals surface area (Å²) in [6.07, 6.45) is -5.86. The van der Waals surface area contributed by atoms with E-state index in [1.807, 2.05) is 0 Å². The highest BCUT2D eigenvalue weighted by Crippen LogP contribution is 2.22. The summed E-state index contributed by atoms with van der Waals surface area (Å²) < 4.78 is 14.7. The van der Waals surface area contributed by atoms with Crippen LogP contribution in [-0.4, -0.2) is 88.9 Å². The first-order valence-corrected chi connectivity index (χ1v) is 7.73. The lowest BCUT2D eigenvalue weighted by molar-refractivity contribution is -0.293. The standard InChI is InChI=1S/C12H22O8S/c1-18-8(14)2-4-21-5-3-19-11-9(15)7(6-13)20-12(17)10(11)16/h7,9-13,15-17H,2-6H2,1H3/t7-,9+,10-,11+,12+/m1/s1. The average Bonchev–Trinajstić information content (AvgIpc) is 2.48. The Balaban J connectivity index is 2.27. The Kier molecular flexibility index (Phi) is 8.49. The summed E-state index contributed by atoms with van der Waals surface area (Å²) >= 11 is 1.46. The molecule has 0 aromatic carbocycles. The van der Waals surface area contributed by atoms with Crippen LogP contribution in [0.15, 0.2) is 0 Å². The SMILES string of the molecule is COC(=O)CCSCCO[C@@H]1[C@@H](O)[C@@H](O)O[C@H](CO)[C@@H]1O. The minimum absolute atomic E-state index is 0.218. The number of carbonyl (C=O) groups is 1. The Morgan fingerprint density at radius 1 is 1.24 bits per heavy atom. The summed E-state index contributed by atoms with van der Waals surface area (Å²) in [7, 11) is 1.33. The highest BCUT2D eigenvalue weighted by atomic mass is 32.2. The number of hydrogen-bond donors (Lipinski definition) is 4. The van der Waals surface area contributed by atoms with E-state index in [1.54, 1.807) is 0 Å². The van der Waals surface area contributed by atoms with Crippen LogP contribution in [0.2, 0.25) is 0 Å². The zero-order valence-electron chi connectivity index (χ0n) is 11.8. The summed E-state index contributed by atoms with van der Waals surface area (Å²) in [5.74, 6) is 0.845. The smallest absolute Gasteiger partial charge is 0.306 e. The molecule has 0 amide bonds. The normalized spacial score (nSPS) is 32.9. The molecule has 1 aliphatic rings. The number of rotatable bonds is 8. The van der Waals surface area contributed by atoms with Gasteiger partial charge in [0.15, 0.2) is 6.29 Å². The summed E-state index contributed by atoms with van der Waals surface area (Å²) in [4.78, 5) is 10.9. The maximum absolute atomic E-state index is 10.9. The molecule has 1 heterocycles. The van der Waals surface area contributed by atoms with Crippen molar-refractivity contribution in [2.75, 3.05) is 31.8 Å². The van der Waals surface area contributed by atoms with Crippen LogP contribution in [-0.2, 0) is 19.0 Å². The molecule has 0 aliphatic carbocycles. The summed E-state index contributed by atoms with van der Waals surface area (Å²) in [6.45, 7) is -0.270. The van der Waals surface area contributed by atoms with Crippen molar-refractivity contribution >= 4 is 17.7 Å². The molecule has 0 aromatic heterocycles. The quantitative estimate of drug-likeness (QED) is 0.299. The van der Waals surface area contributed by atoms with Crippen molar-refractivity contribution in [3.8, 4) is 0 Å². The number of hydrogen-bond acceptors (Lipinski definition) is 9. The van der Waals surface area contributed by atoms with Crippen LogP contribution in [0.4, 0.5) is 0 Å². The Morgan fingerprint density at radius 2 is 1.95 bits per heavy atom. The Hall–Kier alpha value is -0.420. The van der Waals surface area contributed by atoms with Gasteiger partial charge in [-0.25, -0.2) is 0 Å². The lowest BCUT2D eigenvalue weighted by Gasteiger charge is -2.39. The lowest BCUT2D eigenvalue weighted by atomic mass is 9.99. The maximum Gasteiger partial charge on any atom is 0.306 e. The Bertz CT molecular complexity index is 316. The first kappa shape index (κ1) is 18.6. The van der Waals surface area contributed by atoms with E-state index in [0.29, 0.717) is 17.9 Å². The van der Waals surface area contributed by atoms with Crippen molar-refractivity contribution in [3.63, 3.8) is 0 Å². The minimum Gasteiger partial charge on any atom is -0.469 e. The molecule has 0 saturated carbocycles. The summed E-state index contributed by atoms with van der Waals surface area (Å²) in [5, 5.41) is 38.1. The average molecular weight is 326 g/mol. The van der Waals surface area contributed by atoms with E-state index in [4.69, 9.17) is 14.6 Å². The van der Waals surface area contributed by atoms with E-state index in [1.165, 1.54) is 18.9 Å². The molecule has 1 fully saturated rings. The van der Waals surface area contributed by atoms with Crippen molar-refractivity contribution in [3.05, 3.63) is 0 Å². The molecule has 0 unspecified atom stereocenters. The molecule has 9 heteroatoms. The van der Waals surface area contributed by atoms with Gasteiger partial charge in [-0.1, -0.05) is 0 Å². The highest BCUT2D eigenvalue weighted by molar-refractivity contribution is 7.99. The van der Waals surface area contributed by atoms with Crippen LogP contribution in [0.3, 0.4) is 0 Å². The first-order chi connectivity index (χ1) is 10.0. The number of methoxy groups -OCH3 is 1. The molecule has 0 aromatic rings. The van der Waals surface area contributed by atoms with Gasteiger partial charge in [-0.2, -0.15) is 11.8 Å². The number of carbonyl (C=O) groups excluding carboxylic acids is 1. The van der Waals surface area contributed by atoms with Crippen molar-refractivity contribution in [1.82, 2.24) is 0 Å². The van der Waals surface area contributed by atoms with Gasteiger partial charge in [0, 0.05) is 11.5 Å². The number of thioether (sulfide) groups is 1. The fourth-order valence-corrected chi connectivity index (χ4v) is 2.60. The predicted molar refractivity (Wildman–Crippen MR) is 73.7 cm³/mol. The molecule has 1 rings (SSSR count). The lowest BCUT2D eigenvalue weighted by Crippen LogP contribution is -2.59. The van der Waals surface area contributed by atoms with Crippen LogP contribution in [0, 0.1) is 0 Å². The highest BCUT2D eigenvalue weighted by Gasteiger charge is 2.44. The Morgan fingerprint density at radius 3 is 2.57 bits per heavy atom. The Labute approximate surface area is 127 Å². The fraction of sp³-hybridized carbons (Fsp3) is 0.917. The van der Waals surface area contributed by atoms with Gasteiger partial charge in [0.2, 0.25) is 0 Å². The van der Waals surface area contributed by atoms with Gasteiger partial charge in [0.05, 0.1) is 26.7 Å². The van der Waals surface area contributed by atoms with Crippen molar-refractivity contribution in [2.45, 2.75) is 37.1 Å². The zero-order chi connectivity index (χ0) is 15.8. The monoisotopic (exact) mass is 326 g/mol. The molecule has 124 valence electrons. The predicted octanol–water partition coefficient (Wildman–Crippen LogP) is -1.90. The molecule has 0 bridgehead atoms. The molecule has 1 aliphatic heterocycles. The second-order valence-electron chi connectivity index (χ2n) is 4.50. The van der Waals surface area contributed by atoms with Crippen LogP contribution >= 0.6 is 11.8 Å². The van der Waals surface area contributed by atoms with Crippen molar-refractivity contribution in [1.29, 1.82) is 0 Å². The van der Waals surface area contributed by atoms with Gasteiger partial charge in [-0.05, 0) is 0 Å². The van der Waals surface area contributed by atoms with E-state index in [0.717, 1.165) is 0 Å². The van der Waals surface area contributed by atoms with Gasteiger partial charge in [-0.3, -0.25) is 4.79 Å². The third kappa shape index (κ3) is 5.70. The second-order valence-corrected chi connectivity index (χ2v) is 5.73. The molecule has 21 heavy (non-hydrogen) atoms. The molecular formula is C12H22O8S. The fourth-order valence-electron chi connectivity index (χ4n) is 1.87. The van der Waals surface area contributed by atoms with Gasteiger partial charge < -0.3 is 34.6 Å².